The molecule has 1 saturated heterocycles. The van der Waals surface area contributed by atoms with Crippen LogP contribution < -0.4 is 10.0 Å². The third-order valence-electron chi connectivity index (χ3n) is 3.91. The molecule has 0 unspecified atom stereocenters. The molecule has 10 heteroatoms. The Hall–Kier alpha value is -1.49. The molecule has 0 aromatic heterocycles. The van der Waals surface area contributed by atoms with Crippen LogP contribution in [-0.2, 0) is 24.8 Å². The summed E-state index contributed by atoms with van der Waals surface area (Å²) in [6.45, 7) is 4.53. The van der Waals surface area contributed by atoms with E-state index in [0.717, 1.165) is 12.8 Å². The number of carbonyl (C=O) groups is 1. The number of hydrogen-bond acceptors (Lipinski definition) is 5. The van der Waals surface area contributed by atoms with E-state index in [0.29, 0.717) is 19.6 Å². The van der Waals surface area contributed by atoms with Gasteiger partial charge in [0.1, 0.15) is 0 Å². The molecule has 1 heterocycles. The molecule has 1 aromatic rings. The van der Waals surface area contributed by atoms with Crippen LogP contribution in [0, 0.1) is 0 Å². The van der Waals surface area contributed by atoms with Crippen molar-refractivity contribution in [2.75, 3.05) is 19.6 Å². The Kier molecular flexibility index (Phi) is 6.20. The molecule has 2 N–H and O–H groups in total. The second-order valence-electron chi connectivity index (χ2n) is 5.82. The summed E-state index contributed by atoms with van der Waals surface area (Å²) in [4.78, 5) is 11.6. The van der Waals surface area contributed by atoms with E-state index in [1.165, 1.54) is 35.5 Å². The van der Waals surface area contributed by atoms with Gasteiger partial charge < -0.3 is 5.32 Å². The van der Waals surface area contributed by atoms with Crippen molar-refractivity contribution in [1.29, 1.82) is 0 Å². The SMILES string of the molecule is CCNC(=O)[C@@H](C)NS(=O)(=O)c1ccc(S(=O)(=O)N2CCCC2)cc1. The van der Waals surface area contributed by atoms with Crippen molar-refractivity contribution in [1.82, 2.24) is 14.3 Å². The molecule has 1 amide bonds. The third-order valence-corrected chi connectivity index (χ3v) is 7.38. The van der Waals surface area contributed by atoms with Crippen LogP contribution in [0.25, 0.3) is 0 Å². The van der Waals surface area contributed by atoms with Crippen LogP contribution in [0.4, 0.5) is 0 Å². The van der Waals surface area contributed by atoms with Gasteiger partial charge in [-0.25, -0.2) is 16.8 Å². The number of rotatable bonds is 7. The second-order valence-corrected chi connectivity index (χ2v) is 9.47. The number of nitrogens with zero attached hydrogens (tertiary/aromatic N) is 1. The summed E-state index contributed by atoms with van der Waals surface area (Å²) in [5.41, 5.74) is 0. The highest BCUT2D eigenvalue weighted by molar-refractivity contribution is 7.89. The molecule has 1 aliphatic rings. The molecule has 0 bridgehead atoms. The molecule has 0 spiro atoms. The zero-order valence-electron chi connectivity index (χ0n) is 14.2. The monoisotopic (exact) mass is 389 g/mol. The molecule has 0 radical (unpaired) electrons. The van der Waals surface area contributed by atoms with Crippen molar-refractivity contribution in [2.45, 2.75) is 42.5 Å². The standard InChI is InChI=1S/C15H23N3O5S2/c1-3-16-15(19)12(2)17-24(20,21)13-6-8-14(9-7-13)25(22,23)18-10-4-5-11-18/h6-9,12,17H,3-5,10-11H2,1-2H3,(H,16,19)/t12-/m1/s1. The molecule has 2 rings (SSSR count). The third kappa shape index (κ3) is 4.57. The Labute approximate surface area is 148 Å². The minimum atomic E-state index is -3.92. The molecule has 1 aliphatic heterocycles. The predicted octanol–water partition coefficient (Wildman–Crippen LogP) is 0.274. The van der Waals surface area contributed by atoms with Crippen LogP contribution in [-0.4, -0.2) is 52.7 Å². The molecule has 1 atom stereocenters. The average molecular weight is 389 g/mol. The van der Waals surface area contributed by atoms with E-state index in [2.05, 4.69) is 10.0 Å². The summed E-state index contributed by atoms with van der Waals surface area (Å²) in [6, 6.07) is 4.08. The maximum absolute atomic E-state index is 12.4. The van der Waals surface area contributed by atoms with Gasteiger partial charge in [-0.1, -0.05) is 0 Å². The Morgan fingerprint density at radius 2 is 1.60 bits per heavy atom. The molecular formula is C15H23N3O5S2. The summed E-state index contributed by atoms with van der Waals surface area (Å²) >= 11 is 0. The number of hydrogen-bond donors (Lipinski definition) is 2. The second kappa shape index (κ2) is 7.81. The van der Waals surface area contributed by atoms with Gasteiger partial charge in [-0.2, -0.15) is 9.03 Å². The number of likely N-dealkylation sites (N-methyl/N-ethyl adjacent to an activating group) is 1. The van der Waals surface area contributed by atoms with Crippen molar-refractivity contribution >= 4 is 26.0 Å². The fourth-order valence-corrected chi connectivity index (χ4v) is 5.27. The molecule has 0 saturated carbocycles. The molecule has 140 valence electrons. The van der Waals surface area contributed by atoms with Gasteiger partial charge in [0.05, 0.1) is 15.8 Å². The normalized spacial score (nSPS) is 17.4. The Bertz CT molecular complexity index is 813. The van der Waals surface area contributed by atoms with E-state index in [1.807, 2.05) is 0 Å². The van der Waals surface area contributed by atoms with Crippen molar-refractivity contribution in [3.8, 4) is 0 Å². The summed E-state index contributed by atoms with van der Waals surface area (Å²) in [7, 11) is -7.51. The molecular weight excluding hydrogens is 366 g/mol. The maximum atomic E-state index is 12.4. The van der Waals surface area contributed by atoms with Gasteiger partial charge in [-0.05, 0) is 51.0 Å². The van der Waals surface area contributed by atoms with Gasteiger partial charge in [0.25, 0.3) is 0 Å². The highest BCUT2D eigenvalue weighted by Gasteiger charge is 2.28. The maximum Gasteiger partial charge on any atom is 0.243 e. The van der Waals surface area contributed by atoms with Gasteiger partial charge in [0.2, 0.25) is 26.0 Å². The number of nitrogens with one attached hydrogen (secondary N) is 2. The van der Waals surface area contributed by atoms with Crippen molar-refractivity contribution < 1.29 is 21.6 Å². The van der Waals surface area contributed by atoms with Crippen LogP contribution in [0.5, 0.6) is 0 Å². The smallest absolute Gasteiger partial charge is 0.243 e. The summed E-state index contributed by atoms with van der Waals surface area (Å²) < 4.78 is 53.2. The van der Waals surface area contributed by atoms with Gasteiger partial charge in [-0.15, -0.1) is 0 Å². The van der Waals surface area contributed by atoms with E-state index < -0.39 is 32.0 Å². The lowest BCUT2D eigenvalue weighted by Crippen LogP contribution is -2.44. The number of amides is 1. The van der Waals surface area contributed by atoms with Crippen LogP contribution in [0.1, 0.15) is 26.7 Å². The van der Waals surface area contributed by atoms with Crippen LogP contribution in [0.2, 0.25) is 0 Å². The molecule has 0 aliphatic carbocycles. The first-order valence-corrected chi connectivity index (χ1v) is 11.0. The van der Waals surface area contributed by atoms with Gasteiger partial charge in [0.15, 0.2) is 0 Å². The minimum absolute atomic E-state index is 0.0603. The first-order valence-electron chi connectivity index (χ1n) is 8.08. The average Bonchev–Trinajstić information content (AvgIpc) is 3.10. The Morgan fingerprint density at radius 1 is 1.08 bits per heavy atom. The lowest BCUT2D eigenvalue weighted by molar-refractivity contribution is -0.122. The van der Waals surface area contributed by atoms with Gasteiger partial charge in [-0.3, -0.25) is 4.79 Å². The first kappa shape index (κ1) is 19.8. The van der Waals surface area contributed by atoms with E-state index in [4.69, 9.17) is 0 Å². The minimum Gasteiger partial charge on any atom is -0.355 e. The first-order chi connectivity index (χ1) is 11.7. The highest BCUT2D eigenvalue weighted by atomic mass is 32.2. The number of sulfonamides is 2. The van der Waals surface area contributed by atoms with E-state index in [9.17, 15) is 21.6 Å². The van der Waals surface area contributed by atoms with Crippen LogP contribution in [0.15, 0.2) is 34.1 Å². The number of benzene rings is 1. The van der Waals surface area contributed by atoms with Crippen LogP contribution in [0.3, 0.4) is 0 Å². The summed E-state index contributed by atoms with van der Waals surface area (Å²) in [5.74, 6) is -0.431. The zero-order chi connectivity index (χ0) is 18.7. The van der Waals surface area contributed by atoms with E-state index in [1.54, 1.807) is 6.92 Å². The Morgan fingerprint density at radius 3 is 2.12 bits per heavy atom. The van der Waals surface area contributed by atoms with Crippen LogP contribution >= 0.6 is 0 Å². The molecule has 1 aromatic carbocycles. The topological polar surface area (TPSA) is 113 Å². The van der Waals surface area contributed by atoms with E-state index in [-0.39, 0.29) is 9.79 Å². The molecule has 25 heavy (non-hydrogen) atoms. The largest absolute Gasteiger partial charge is 0.355 e. The predicted molar refractivity (Wildman–Crippen MR) is 92.9 cm³/mol. The van der Waals surface area contributed by atoms with Gasteiger partial charge in [0, 0.05) is 19.6 Å². The Balaban J connectivity index is 2.17. The summed E-state index contributed by atoms with van der Waals surface area (Å²) in [5, 5.41) is 2.53. The van der Waals surface area contributed by atoms with Crippen molar-refractivity contribution in [3.63, 3.8) is 0 Å². The molecule has 8 nitrogen and oxygen atoms in total. The lowest BCUT2D eigenvalue weighted by Gasteiger charge is -2.16. The summed E-state index contributed by atoms with van der Waals surface area (Å²) in [6.07, 6.45) is 1.65. The quantitative estimate of drug-likeness (QED) is 0.695. The van der Waals surface area contributed by atoms with Crippen molar-refractivity contribution in [2.24, 2.45) is 0 Å². The van der Waals surface area contributed by atoms with Crippen molar-refractivity contribution in [3.05, 3.63) is 24.3 Å². The molecule has 1 fully saturated rings. The highest BCUT2D eigenvalue weighted by Crippen LogP contribution is 2.22. The fraction of sp³-hybridized carbons (Fsp3) is 0.533. The van der Waals surface area contributed by atoms with Gasteiger partial charge >= 0.3 is 0 Å². The number of carbonyl (C=O) groups excluding carboxylic acids is 1. The van der Waals surface area contributed by atoms with E-state index >= 15 is 0 Å². The zero-order valence-corrected chi connectivity index (χ0v) is 15.9. The fourth-order valence-electron chi connectivity index (χ4n) is 2.55. The lowest BCUT2D eigenvalue weighted by atomic mass is 10.3.